The van der Waals surface area contributed by atoms with Crippen molar-refractivity contribution < 1.29 is 4.52 Å². The molecule has 1 atom stereocenters. The van der Waals surface area contributed by atoms with Crippen molar-refractivity contribution in [2.75, 3.05) is 26.7 Å². The number of hydrogen-bond acceptors (Lipinski definition) is 4. The van der Waals surface area contributed by atoms with Crippen LogP contribution in [0.25, 0.3) is 0 Å². The fraction of sp³-hybridized carbons (Fsp3) is 0.810. The molecule has 1 unspecified atom stereocenters. The molecule has 0 saturated carbocycles. The lowest BCUT2D eigenvalue weighted by Crippen LogP contribution is -2.49. The molecule has 0 bridgehead atoms. The van der Waals surface area contributed by atoms with Gasteiger partial charge >= 0.3 is 0 Å². The largest absolute Gasteiger partial charge is 0.361 e. The number of nitrogens with zero attached hydrogens (tertiary/aromatic N) is 3. The monoisotopic (exact) mass is 505 g/mol. The molecule has 1 aliphatic heterocycles. The molecule has 6 nitrogen and oxygen atoms in total. The lowest BCUT2D eigenvalue weighted by Gasteiger charge is -2.34. The molecule has 1 fully saturated rings. The Morgan fingerprint density at radius 2 is 1.79 bits per heavy atom. The molecular weight excluding hydrogens is 465 g/mol. The second-order valence-electron chi connectivity index (χ2n) is 7.43. The van der Waals surface area contributed by atoms with E-state index >= 15 is 0 Å². The van der Waals surface area contributed by atoms with E-state index in [0.29, 0.717) is 12.6 Å². The fourth-order valence-corrected chi connectivity index (χ4v) is 4.23. The maximum absolute atomic E-state index is 5.47. The van der Waals surface area contributed by atoms with E-state index in [1.165, 1.54) is 44.3 Å². The summed E-state index contributed by atoms with van der Waals surface area (Å²) in [6.45, 7) is 13.0. The normalized spacial score (nSPS) is 16.3. The van der Waals surface area contributed by atoms with Crippen molar-refractivity contribution in [1.82, 2.24) is 20.7 Å². The summed E-state index contributed by atoms with van der Waals surface area (Å²) in [6, 6.07) is 0.578. The lowest BCUT2D eigenvalue weighted by atomic mass is 9.93. The van der Waals surface area contributed by atoms with Crippen molar-refractivity contribution >= 4 is 29.9 Å². The molecule has 1 aromatic heterocycles. The number of aryl methyl sites for hydroxylation is 2. The summed E-state index contributed by atoms with van der Waals surface area (Å²) >= 11 is 0. The van der Waals surface area contributed by atoms with Gasteiger partial charge < -0.3 is 15.2 Å². The first-order chi connectivity index (χ1) is 13.2. The SMILES string of the molecule is CCc1noc(CC)c1CNC(=NC)NCC(C(CC)CC)N1CCCC1.I. The zero-order valence-electron chi connectivity index (χ0n) is 18.4. The Morgan fingerprint density at radius 1 is 1.11 bits per heavy atom. The summed E-state index contributed by atoms with van der Waals surface area (Å²) < 4.78 is 5.47. The number of hydrogen-bond donors (Lipinski definition) is 2. The van der Waals surface area contributed by atoms with Gasteiger partial charge in [-0.1, -0.05) is 45.7 Å². The number of aromatic nitrogens is 1. The van der Waals surface area contributed by atoms with Gasteiger partial charge in [0.15, 0.2) is 5.96 Å². The van der Waals surface area contributed by atoms with Crippen LogP contribution in [0.3, 0.4) is 0 Å². The van der Waals surface area contributed by atoms with E-state index in [1.54, 1.807) is 0 Å². The molecule has 2 heterocycles. The number of aliphatic imine (C=N–C) groups is 1. The zero-order valence-corrected chi connectivity index (χ0v) is 20.7. The minimum Gasteiger partial charge on any atom is -0.361 e. The average Bonchev–Trinajstić information content (AvgIpc) is 3.36. The second kappa shape index (κ2) is 13.4. The smallest absolute Gasteiger partial charge is 0.191 e. The molecule has 0 aromatic carbocycles. The first kappa shape index (κ1) is 25.2. The van der Waals surface area contributed by atoms with Crippen molar-refractivity contribution in [2.45, 2.75) is 78.8 Å². The molecule has 1 saturated heterocycles. The van der Waals surface area contributed by atoms with E-state index in [4.69, 9.17) is 4.52 Å². The Hall–Kier alpha value is -0.830. The van der Waals surface area contributed by atoms with Crippen LogP contribution in [0.2, 0.25) is 0 Å². The van der Waals surface area contributed by atoms with Gasteiger partial charge in [0.2, 0.25) is 0 Å². The van der Waals surface area contributed by atoms with Crippen molar-refractivity contribution in [1.29, 1.82) is 0 Å². The zero-order chi connectivity index (χ0) is 19.6. The molecule has 7 heteroatoms. The van der Waals surface area contributed by atoms with Crippen LogP contribution in [0.1, 0.15) is 70.4 Å². The summed E-state index contributed by atoms with van der Waals surface area (Å²) in [5.74, 6) is 2.56. The van der Waals surface area contributed by atoms with Crippen LogP contribution in [0.4, 0.5) is 0 Å². The van der Waals surface area contributed by atoms with Gasteiger partial charge in [-0.05, 0) is 38.3 Å². The molecule has 2 rings (SSSR count). The molecular formula is C21H40IN5O. The maximum atomic E-state index is 5.47. The number of guanidine groups is 1. The topological polar surface area (TPSA) is 65.7 Å². The van der Waals surface area contributed by atoms with E-state index in [9.17, 15) is 0 Å². The summed E-state index contributed by atoms with van der Waals surface area (Å²) in [6.07, 6.45) is 6.87. The molecule has 1 aromatic rings. The Bertz CT molecular complexity index is 556. The third kappa shape index (κ3) is 6.61. The number of likely N-dealkylation sites (tertiary alicyclic amines) is 1. The van der Waals surface area contributed by atoms with Crippen LogP contribution < -0.4 is 10.6 Å². The van der Waals surface area contributed by atoms with Crippen LogP contribution in [0.15, 0.2) is 9.52 Å². The quantitative estimate of drug-likeness (QED) is 0.286. The Balaban J connectivity index is 0.00000392. The van der Waals surface area contributed by atoms with Crippen LogP contribution >= 0.6 is 24.0 Å². The van der Waals surface area contributed by atoms with E-state index in [-0.39, 0.29) is 24.0 Å². The first-order valence-electron chi connectivity index (χ1n) is 10.8. The van der Waals surface area contributed by atoms with Crippen LogP contribution in [-0.4, -0.2) is 48.7 Å². The summed E-state index contributed by atoms with van der Waals surface area (Å²) in [7, 11) is 1.84. The van der Waals surface area contributed by atoms with Crippen molar-refractivity contribution in [3.8, 4) is 0 Å². The predicted molar refractivity (Wildman–Crippen MR) is 128 cm³/mol. The summed E-state index contributed by atoms with van der Waals surface area (Å²) in [4.78, 5) is 7.10. The molecule has 0 spiro atoms. The third-order valence-corrected chi connectivity index (χ3v) is 5.94. The van der Waals surface area contributed by atoms with Gasteiger partial charge in [0.1, 0.15) is 5.76 Å². The van der Waals surface area contributed by atoms with Gasteiger partial charge in [0.25, 0.3) is 0 Å². The minimum atomic E-state index is 0. The lowest BCUT2D eigenvalue weighted by molar-refractivity contribution is 0.166. The van der Waals surface area contributed by atoms with E-state index in [2.05, 4.69) is 53.4 Å². The number of nitrogens with one attached hydrogen (secondary N) is 2. The Morgan fingerprint density at radius 3 is 2.32 bits per heavy atom. The highest BCUT2D eigenvalue weighted by Crippen LogP contribution is 2.22. The summed E-state index contributed by atoms with van der Waals surface area (Å²) in [5, 5.41) is 11.2. The fourth-order valence-electron chi connectivity index (χ4n) is 4.23. The molecule has 1 aliphatic rings. The van der Waals surface area contributed by atoms with Crippen molar-refractivity contribution in [2.24, 2.45) is 10.9 Å². The minimum absolute atomic E-state index is 0. The highest BCUT2D eigenvalue weighted by Gasteiger charge is 2.27. The standard InChI is InChI=1S/C21H39N5O.HI/c1-6-16(7-2)19(26-12-10-11-13-26)15-24-21(22-5)23-14-17-18(8-3)25-27-20(17)9-4;/h16,19H,6-15H2,1-5H3,(H2,22,23,24);1H. The molecule has 0 aliphatic carbocycles. The Labute approximate surface area is 188 Å². The molecule has 0 radical (unpaired) electrons. The maximum Gasteiger partial charge on any atom is 0.191 e. The van der Waals surface area contributed by atoms with E-state index in [0.717, 1.165) is 42.7 Å². The van der Waals surface area contributed by atoms with E-state index in [1.807, 2.05) is 7.05 Å². The summed E-state index contributed by atoms with van der Waals surface area (Å²) in [5.41, 5.74) is 2.22. The van der Waals surface area contributed by atoms with Crippen LogP contribution in [0, 0.1) is 5.92 Å². The third-order valence-electron chi connectivity index (χ3n) is 5.94. The van der Waals surface area contributed by atoms with Crippen LogP contribution in [-0.2, 0) is 19.4 Å². The molecule has 0 amide bonds. The Kier molecular flexibility index (Phi) is 12.1. The van der Waals surface area contributed by atoms with Gasteiger partial charge in [-0.15, -0.1) is 24.0 Å². The van der Waals surface area contributed by atoms with Gasteiger partial charge in [0, 0.05) is 38.2 Å². The highest BCUT2D eigenvalue weighted by molar-refractivity contribution is 14.0. The number of halogens is 1. The molecule has 2 N–H and O–H groups in total. The average molecular weight is 505 g/mol. The van der Waals surface area contributed by atoms with Gasteiger partial charge in [-0.2, -0.15) is 0 Å². The van der Waals surface area contributed by atoms with Gasteiger partial charge in [-0.25, -0.2) is 0 Å². The van der Waals surface area contributed by atoms with Gasteiger partial charge in [0.05, 0.1) is 5.69 Å². The molecule has 162 valence electrons. The predicted octanol–water partition coefficient (Wildman–Crippen LogP) is 3.98. The molecule has 28 heavy (non-hydrogen) atoms. The van der Waals surface area contributed by atoms with Crippen molar-refractivity contribution in [3.05, 3.63) is 17.0 Å². The number of rotatable bonds is 10. The van der Waals surface area contributed by atoms with Crippen LogP contribution in [0.5, 0.6) is 0 Å². The second-order valence-corrected chi connectivity index (χ2v) is 7.43. The highest BCUT2D eigenvalue weighted by atomic mass is 127. The van der Waals surface area contributed by atoms with Gasteiger partial charge in [-0.3, -0.25) is 9.89 Å². The van der Waals surface area contributed by atoms with E-state index < -0.39 is 0 Å². The first-order valence-corrected chi connectivity index (χ1v) is 10.8. The van der Waals surface area contributed by atoms with Crippen molar-refractivity contribution in [3.63, 3.8) is 0 Å².